The standard InChI is InChI=1S/C15H21N3/c1-10(2)14-11(3)17-15(18-14)13(9-16)12-7-5-4-6-8-12/h4-8,10,13H,9,16H2,1-3H3,(H,17,18). The van der Waals surface area contributed by atoms with Crippen molar-refractivity contribution in [2.45, 2.75) is 32.6 Å². The van der Waals surface area contributed by atoms with Crippen molar-refractivity contribution < 1.29 is 0 Å². The molecule has 1 heterocycles. The summed E-state index contributed by atoms with van der Waals surface area (Å²) in [4.78, 5) is 8.11. The lowest BCUT2D eigenvalue weighted by Gasteiger charge is -2.12. The summed E-state index contributed by atoms with van der Waals surface area (Å²) in [7, 11) is 0. The van der Waals surface area contributed by atoms with E-state index in [0.717, 1.165) is 17.2 Å². The van der Waals surface area contributed by atoms with E-state index >= 15 is 0 Å². The molecule has 0 aliphatic rings. The smallest absolute Gasteiger partial charge is 0.115 e. The van der Waals surface area contributed by atoms with Crippen molar-refractivity contribution in [1.29, 1.82) is 0 Å². The molecule has 3 nitrogen and oxygen atoms in total. The van der Waals surface area contributed by atoms with Crippen LogP contribution in [0.2, 0.25) is 0 Å². The highest BCUT2D eigenvalue weighted by atomic mass is 14.9. The first-order chi connectivity index (χ1) is 8.63. The van der Waals surface area contributed by atoms with Crippen LogP contribution in [0, 0.1) is 6.92 Å². The number of hydrogen-bond donors (Lipinski definition) is 2. The van der Waals surface area contributed by atoms with Crippen molar-refractivity contribution in [3.63, 3.8) is 0 Å². The highest BCUT2D eigenvalue weighted by Gasteiger charge is 2.18. The first kappa shape index (κ1) is 12.8. The molecule has 0 spiro atoms. The van der Waals surface area contributed by atoms with E-state index in [4.69, 9.17) is 10.7 Å². The number of nitrogens with zero attached hydrogens (tertiary/aromatic N) is 1. The minimum absolute atomic E-state index is 0.150. The summed E-state index contributed by atoms with van der Waals surface area (Å²) in [6.45, 7) is 6.96. The van der Waals surface area contributed by atoms with E-state index in [1.54, 1.807) is 0 Å². The molecular formula is C15H21N3. The van der Waals surface area contributed by atoms with Gasteiger partial charge < -0.3 is 10.7 Å². The number of hydrogen-bond acceptors (Lipinski definition) is 2. The second-order valence-electron chi connectivity index (χ2n) is 4.99. The summed E-state index contributed by atoms with van der Waals surface area (Å²) in [6.07, 6.45) is 0. The molecule has 0 amide bonds. The lowest BCUT2D eigenvalue weighted by atomic mass is 9.99. The zero-order valence-electron chi connectivity index (χ0n) is 11.3. The van der Waals surface area contributed by atoms with Gasteiger partial charge in [-0.1, -0.05) is 44.2 Å². The molecule has 0 saturated heterocycles. The Morgan fingerprint density at radius 2 is 1.89 bits per heavy atom. The van der Waals surface area contributed by atoms with Crippen LogP contribution in [0.3, 0.4) is 0 Å². The van der Waals surface area contributed by atoms with Crippen molar-refractivity contribution in [3.8, 4) is 0 Å². The van der Waals surface area contributed by atoms with Gasteiger partial charge in [-0.2, -0.15) is 0 Å². The fourth-order valence-electron chi connectivity index (χ4n) is 2.32. The van der Waals surface area contributed by atoms with E-state index < -0.39 is 0 Å². The Morgan fingerprint density at radius 1 is 1.22 bits per heavy atom. The number of nitrogens with two attached hydrogens (primary N) is 1. The van der Waals surface area contributed by atoms with Crippen LogP contribution in [-0.4, -0.2) is 16.5 Å². The van der Waals surface area contributed by atoms with Crippen LogP contribution in [0.5, 0.6) is 0 Å². The van der Waals surface area contributed by atoms with Gasteiger partial charge in [-0.05, 0) is 18.4 Å². The second kappa shape index (κ2) is 5.36. The molecule has 18 heavy (non-hydrogen) atoms. The van der Waals surface area contributed by atoms with Gasteiger partial charge in [0.1, 0.15) is 5.82 Å². The van der Waals surface area contributed by atoms with Crippen LogP contribution in [0.15, 0.2) is 30.3 Å². The topological polar surface area (TPSA) is 54.7 Å². The maximum Gasteiger partial charge on any atom is 0.115 e. The van der Waals surface area contributed by atoms with E-state index in [0.29, 0.717) is 12.5 Å². The molecule has 0 aliphatic carbocycles. The zero-order chi connectivity index (χ0) is 13.1. The number of imidazole rings is 1. The van der Waals surface area contributed by atoms with Crippen LogP contribution in [0.1, 0.15) is 48.5 Å². The molecule has 1 aromatic heterocycles. The van der Waals surface area contributed by atoms with Gasteiger partial charge in [0.05, 0.1) is 11.6 Å². The Balaban J connectivity index is 2.37. The molecule has 0 aliphatic heterocycles. The number of H-pyrrole nitrogens is 1. The van der Waals surface area contributed by atoms with Gasteiger partial charge in [0.25, 0.3) is 0 Å². The fraction of sp³-hybridized carbons (Fsp3) is 0.400. The summed E-state index contributed by atoms with van der Waals surface area (Å²) in [5.41, 5.74) is 9.41. The summed E-state index contributed by atoms with van der Waals surface area (Å²) >= 11 is 0. The molecule has 0 radical (unpaired) electrons. The predicted octanol–water partition coefficient (Wildman–Crippen LogP) is 2.93. The molecule has 1 aromatic carbocycles. The molecule has 2 aromatic rings. The van der Waals surface area contributed by atoms with E-state index in [1.807, 2.05) is 18.2 Å². The van der Waals surface area contributed by atoms with E-state index in [9.17, 15) is 0 Å². The predicted molar refractivity (Wildman–Crippen MR) is 74.8 cm³/mol. The average Bonchev–Trinajstić information content (AvgIpc) is 2.74. The fourth-order valence-corrected chi connectivity index (χ4v) is 2.32. The highest BCUT2D eigenvalue weighted by Crippen LogP contribution is 2.24. The average molecular weight is 243 g/mol. The molecule has 0 fully saturated rings. The quantitative estimate of drug-likeness (QED) is 0.867. The number of aryl methyl sites for hydroxylation is 1. The highest BCUT2D eigenvalue weighted by molar-refractivity contribution is 5.28. The third-order valence-electron chi connectivity index (χ3n) is 3.26. The zero-order valence-corrected chi connectivity index (χ0v) is 11.3. The van der Waals surface area contributed by atoms with Gasteiger partial charge in [0.15, 0.2) is 0 Å². The van der Waals surface area contributed by atoms with Crippen molar-refractivity contribution in [1.82, 2.24) is 9.97 Å². The van der Waals surface area contributed by atoms with Gasteiger partial charge in [-0.3, -0.25) is 0 Å². The van der Waals surface area contributed by atoms with E-state index in [1.165, 1.54) is 5.56 Å². The Morgan fingerprint density at radius 3 is 2.39 bits per heavy atom. The van der Waals surface area contributed by atoms with Crippen molar-refractivity contribution in [2.24, 2.45) is 5.73 Å². The summed E-state index contributed by atoms with van der Waals surface area (Å²) in [5, 5.41) is 0. The number of nitrogens with one attached hydrogen (secondary N) is 1. The molecule has 3 N–H and O–H groups in total. The van der Waals surface area contributed by atoms with Crippen molar-refractivity contribution in [2.75, 3.05) is 6.54 Å². The van der Waals surface area contributed by atoms with E-state index in [2.05, 4.69) is 37.9 Å². The summed E-state index contributed by atoms with van der Waals surface area (Å²) < 4.78 is 0. The van der Waals surface area contributed by atoms with Crippen LogP contribution < -0.4 is 5.73 Å². The molecule has 1 unspecified atom stereocenters. The van der Waals surface area contributed by atoms with Crippen LogP contribution in [0.25, 0.3) is 0 Å². The largest absolute Gasteiger partial charge is 0.345 e. The Hall–Kier alpha value is -1.61. The molecule has 0 bridgehead atoms. The van der Waals surface area contributed by atoms with Gasteiger partial charge in [0.2, 0.25) is 0 Å². The van der Waals surface area contributed by atoms with Crippen LogP contribution >= 0.6 is 0 Å². The molecule has 2 rings (SSSR count). The lowest BCUT2D eigenvalue weighted by molar-refractivity contribution is 0.751. The molecule has 3 heteroatoms. The van der Waals surface area contributed by atoms with Gasteiger partial charge in [0, 0.05) is 12.2 Å². The number of rotatable bonds is 4. The maximum atomic E-state index is 5.91. The van der Waals surface area contributed by atoms with E-state index in [-0.39, 0.29) is 5.92 Å². The molecular weight excluding hydrogens is 222 g/mol. The van der Waals surface area contributed by atoms with Gasteiger partial charge in [-0.25, -0.2) is 4.98 Å². The molecule has 0 saturated carbocycles. The normalized spacial score (nSPS) is 12.9. The number of aromatic amines is 1. The summed E-state index contributed by atoms with van der Waals surface area (Å²) in [6, 6.07) is 10.3. The first-order valence-electron chi connectivity index (χ1n) is 6.45. The Kier molecular flexibility index (Phi) is 3.82. The number of aromatic nitrogens is 2. The Labute approximate surface area is 108 Å². The molecule has 96 valence electrons. The Bertz CT molecular complexity index is 500. The van der Waals surface area contributed by atoms with Crippen LogP contribution in [-0.2, 0) is 0 Å². The second-order valence-corrected chi connectivity index (χ2v) is 4.99. The lowest BCUT2D eigenvalue weighted by Crippen LogP contribution is -2.15. The molecule has 1 atom stereocenters. The number of benzene rings is 1. The third-order valence-corrected chi connectivity index (χ3v) is 3.26. The van der Waals surface area contributed by atoms with Crippen molar-refractivity contribution >= 4 is 0 Å². The minimum Gasteiger partial charge on any atom is -0.345 e. The van der Waals surface area contributed by atoms with Crippen LogP contribution in [0.4, 0.5) is 0 Å². The minimum atomic E-state index is 0.150. The van der Waals surface area contributed by atoms with Crippen molar-refractivity contribution in [3.05, 3.63) is 53.1 Å². The maximum absolute atomic E-state index is 5.91. The SMILES string of the molecule is Cc1[nH]c(C(CN)c2ccccc2)nc1C(C)C. The van der Waals surface area contributed by atoms with Gasteiger partial charge in [-0.15, -0.1) is 0 Å². The first-order valence-corrected chi connectivity index (χ1v) is 6.45. The van der Waals surface area contributed by atoms with Gasteiger partial charge >= 0.3 is 0 Å². The summed E-state index contributed by atoms with van der Waals surface area (Å²) in [5.74, 6) is 1.56. The third kappa shape index (κ3) is 2.46. The monoisotopic (exact) mass is 243 g/mol.